The van der Waals surface area contributed by atoms with Crippen LogP contribution in [0.2, 0.25) is 0 Å². The van der Waals surface area contributed by atoms with Crippen LogP contribution in [0.5, 0.6) is 0 Å². The van der Waals surface area contributed by atoms with Gasteiger partial charge in [0.05, 0.1) is 5.03 Å². The highest BCUT2D eigenvalue weighted by Gasteiger charge is 2.15. The van der Waals surface area contributed by atoms with Crippen molar-refractivity contribution in [3.05, 3.63) is 23.4 Å². The summed E-state index contributed by atoms with van der Waals surface area (Å²) in [4.78, 5) is 4.57. The van der Waals surface area contributed by atoms with Crippen LogP contribution in [0.4, 0.5) is 0 Å². The number of aryl methyl sites for hydroxylation is 1. The van der Waals surface area contributed by atoms with E-state index in [9.17, 15) is 0 Å². The molecule has 1 aliphatic rings. The molecule has 1 aromatic rings. The summed E-state index contributed by atoms with van der Waals surface area (Å²) < 4.78 is 0. The lowest BCUT2D eigenvalue weighted by Gasteiger charge is -2.10. The molecule has 0 amide bonds. The van der Waals surface area contributed by atoms with Gasteiger partial charge >= 0.3 is 0 Å². The molecule has 0 spiro atoms. The van der Waals surface area contributed by atoms with Crippen molar-refractivity contribution >= 4 is 11.8 Å². The summed E-state index contributed by atoms with van der Waals surface area (Å²) in [6.07, 6.45) is 8.59. The smallest absolute Gasteiger partial charge is 0.0989 e. The van der Waals surface area contributed by atoms with Gasteiger partial charge in [0.15, 0.2) is 0 Å². The van der Waals surface area contributed by atoms with Crippen molar-refractivity contribution in [3.8, 4) is 0 Å². The zero-order valence-corrected chi connectivity index (χ0v) is 11.4. The predicted molar refractivity (Wildman–Crippen MR) is 74.4 cm³/mol. The summed E-state index contributed by atoms with van der Waals surface area (Å²) in [5, 5.41) is 1.21. The summed E-state index contributed by atoms with van der Waals surface area (Å²) in [6.45, 7) is 2.86. The van der Waals surface area contributed by atoms with Crippen molar-refractivity contribution in [2.75, 3.05) is 12.3 Å². The second kappa shape index (κ2) is 6.41. The van der Waals surface area contributed by atoms with E-state index >= 15 is 0 Å². The first-order valence-corrected chi connectivity index (χ1v) is 7.56. The van der Waals surface area contributed by atoms with Gasteiger partial charge in [0, 0.05) is 11.9 Å². The highest BCUT2D eigenvalue weighted by atomic mass is 32.2. The SMILES string of the molecule is Cc1cc(CCN)cnc1SCC1CCCC1. The fourth-order valence-corrected chi connectivity index (χ4v) is 3.59. The van der Waals surface area contributed by atoms with Gasteiger partial charge in [-0.3, -0.25) is 0 Å². The Labute approximate surface area is 108 Å². The number of pyridine rings is 1. The molecule has 1 saturated carbocycles. The van der Waals surface area contributed by atoms with Gasteiger partial charge in [0.2, 0.25) is 0 Å². The van der Waals surface area contributed by atoms with Gasteiger partial charge in [-0.1, -0.05) is 18.9 Å². The molecule has 1 heterocycles. The Bertz CT molecular complexity index is 359. The van der Waals surface area contributed by atoms with Gasteiger partial charge in [0.25, 0.3) is 0 Å². The van der Waals surface area contributed by atoms with Gasteiger partial charge in [-0.05, 0) is 49.8 Å². The third kappa shape index (κ3) is 3.71. The summed E-state index contributed by atoms with van der Waals surface area (Å²) in [7, 11) is 0. The largest absolute Gasteiger partial charge is 0.330 e. The maximum absolute atomic E-state index is 5.56. The first kappa shape index (κ1) is 12.9. The van der Waals surface area contributed by atoms with Crippen molar-refractivity contribution in [1.82, 2.24) is 4.98 Å². The normalized spacial score (nSPS) is 16.6. The van der Waals surface area contributed by atoms with Crippen molar-refractivity contribution in [3.63, 3.8) is 0 Å². The molecule has 2 nitrogen and oxygen atoms in total. The summed E-state index contributed by atoms with van der Waals surface area (Å²) in [5.74, 6) is 2.16. The summed E-state index contributed by atoms with van der Waals surface area (Å²) >= 11 is 1.93. The molecule has 1 fully saturated rings. The summed E-state index contributed by atoms with van der Waals surface area (Å²) in [6, 6.07) is 2.23. The van der Waals surface area contributed by atoms with E-state index in [2.05, 4.69) is 18.0 Å². The molecule has 94 valence electrons. The first-order valence-electron chi connectivity index (χ1n) is 6.58. The van der Waals surface area contributed by atoms with Gasteiger partial charge in [-0.15, -0.1) is 11.8 Å². The Morgan fingerprint density at radius 3 is 2.82 bits per heavy atom. The third-order valence-electron chi connectivity index (χ3n) is 3.45. The van der Waals surface area contributed by atoms with Crippen LogP contribution >= 0.6 is 11.8 Å². The second-order valence-corrected chi connectivity index (χ2v) is 5.97. The minimum absolute atomic E-state index is 0.704. The fraction of sp³-hybridized carbons (Fsp3) is 0.643. The van der Waals surface area contributed by atoms with Crippen LogP contribution in [-0.2, 0) is 6.42 Å². The monoisotopic (exact) mass is 250 g/mol. The molecule has 0 saturated heterocycles. The minimum atomic E-state index is 0.704. The highest BCUT2D eigenvalue weighted by Crippen LogP contribution is 2.31. The van der Waals surface area contributed by atoms with Gasteiger partial charge in [-0.25, -0.2) is 4.98 Å². The van der Waals surface area contributed by atoms with Gasteiger partial charge in [-0.2, -0.15) is 0 Å². The number of thioether (sulfide) groups is 1. The number of aromatic nitrogens is 1. The fourth-order valence-electron chi connectivity index (χ4n) is 2.45. The molecular weight excluding hydrogens is 228 g/mol. The lowest BCUT2D eigenvalue weighted by molar-refractivity contribution is 0.622. The molecule has 17 heavy (non-hydrogen) atoms. The molecule has 0 aromatic carbocycles. The highest BCUT2D eigenvalue weighted by molar-refractivity contribution is 7.99. The van der Waals surface area contributed by atoms with E-state index in [0.29, 0.717) is 6.54 Å². The topological polar surface area (TPSA) is 38.9 Å². The van der Waals surface area contributed by atoms with Crippen molar-refractivity contribution in [2.24, 2.45) is 11.7 Å². The zero-order valence-electron chi connectivity index (χ0n) is 10.6. The van der Waals surface area contributed by atoms with E-state index < -0.39 is 0 Å². The number of nitrogens with zero attached hydrogens (tertiary/aromatic N) is 1. The molecule has 0 radical (unpaired) electrons. The van der Waals surface area contributed by atoms with E-state index in [1.807, 2.05) is 18.0 Å². The lowest BCUT2D eigenvalue weighted by Crippen LogP contribution is -2.04. The molecular formula is C14H22N2S. The number of rotatable bonds is 5. The molecule has 1 aliphatic carbocycles. The molecule has 1 aromatic heterocycles. The lowest BCUT2D eigenvalue weighted by atomic mass is 10.1. The maximum atomic E-state index is 5.56. The molecule has 0 aliphatic heterocycles. The maximum Gasteiger partial charge on any atom is 0.0989 e. The van der Waals surface area contributed by atoms with Gasteiger partial charge in [0.1, 0.15) is 0 Å². The van der Waals surface area contributed by atoms with Crippen LogP contribution in [0.3, 0.4) is 0 Å². The molecule has 3 heteroatoms. The Hall–Kier alpha value is -0.540. The molecule has 2 rings (SSSR count). The standard InChI is InChI=1S/C14H22N2S/c1-11-8-13(6-7-15)9-16-14(11)17-10-12-4-2-3-5-12/h8-9,12H,2-7,10,15H2,1H3. The van der Waals surface area contributed by atoms with E-state index in [1.54, 1.807) is 0 Å². The first-order chi connectivity index (χ1) is 8.29. The van der Waals surface area contributed by atoms with E-state index in [0.717, 1.165) is 12.3 Å². The second-order valence-electron chi connectivity index (χ2n) is 4.97. The van der Waals surface area contributed by atoms with E-state index in [4.69, 9.17) is 5.73 Å². The van der Waals surface area contributed by atoms with Crippen molar-refractivity contribution in [1.29, 1.82) is 0 Å². The Morgan fingerprint density at radius 2 is 2.18 bits per heavy atom. The van der Waals surface area contributed by atoms with E-state index in [1.165, 1.54) is 47.6 Å². The number of hydrogen-bond donors (Lipinski definition) is 1. The Kier molecular flexibility index (Phi) is 4.86. The molecule has 2 N–H and O–H groups in total. The molecule has 0 unspecified atom stereocenters. The van der Waals surface area contributed by atoms with Crippen molar-refractivity contribution in [2.45, 2.75) is 44.1 Å². The van der Waals surface area contributed by atoms with Gasteiger partial charge < -0.3 is 5.73 Å². The predicted octanol–water partition coefficient (Wildman–Crippen LogP) is 3.17. The Morgan fingerprint density at radius 1 is 1.41 bits per heavy atom. The summed E-state index contributed by atoms with van der Waals surface area (Å²) in [5.41, 5.74) is 8.12. The Balaban J connectivity index is 1.91. The van der Waals surface area contributed by atoms with E-state index in [-0.39, 0.29) is 0 Å². The van der Waals surface area contributed by atoms with Crippen LogP contribution in [0.1, 0.15) is 36.8 Å². The molecule has 0 atom stereocenters. The van der Waals surface area contributed by atoms with Crippen molar-refractivity contribution < 1.29 is 0 Å². The van der Waals surface area contributed by atoms with Crippen LogP contribution in [0, 0.1) is 12.8 Å². The zero-order chi connectivity index (χ0) is 12.1. The van der Waals surface area contributed by atoms with Crippen LogP contribution < -0.4 is 5.73 Å². The quantitative estimate of drug-likeness (QED) is 0.816. The van der Waals surface area contributed by atoms with Crippen LogP contribution in [-0.4, -0.2) is 17.3 Å². The van der Waals surface area contributed by atoms with Crippen LogP contribution in [0.25, 0.3) is 0 Å². The minimum Gasteiger partial charge on any atom is -0.330 e. The number of nitrogens with two attached hydrogens (primary N) is 1. The third-order valence-corrected chi connectivity index (χ3v) is 4.79. The molecule has 0 bridgehead atoms. The van der Waals surface area contributed by atoms with Crippen LogP contribution in [0.15, 0.2) is 17.3 Å². The number of hydrogen-bond acceptors (Lipinski definition) is 3. The average molecular weight is 250 g/mol. The average Bonchev–Trinajstić information content (AvgIpc) is 2.81.